The van der Waals surface area contributed by atoms with Crippen molar-refractivity contribution in [3.63, 3.8) is 0 Å². The van der Waals surface area contributed by atoms with Gasteiger partial charge >= 0.3 is 0 Å². The van der Waals surface area contributed by atoms with Crippen LogP contribution in [0.2, 0.25) is 0 Å². The second-order valence-electron chi connectivity index (χ2n) is 5.59. The van der Waals surface area contributed by atoms with Crippen LogP contribution in [-0.4, -0.2) is 12.3 Å². The second kappa shape index (κ2) is 4.29. The van der Waals surface area contributed by atoms with Crippen LogP contribution in [0.5, 0.6) is 0 Å². The van der Waals surface area contributed by atoms with Crippen molar-refractivity contribution >= 4 is 5.71 Å². The standard InChI is InChI=1S/C16H21N/c1-13-15-9-5-6-10-16(15,11-12-17-13)14-7-3-2-4-8-14/h2-4,7-8,15H,5-6,9-12H2,1H3. The Labute approximate surface area is 104 Å². The summed E-state index contributed by atoms with van der Waals surface area (Å²) in [5.41, 5.74) is 3.37. The summed E-state index contributed by atoms with van der Waals surface area (Å²) < 4.78 is 0. The molecule has 1 aliphatic carbocycles. The van der Waals surface area contributed by atoms with Gasteiger partial charge in [-0.15, -0.1) is 0 Å². The monoisotopic (exact) mass is 227 g/mol. The Kier molecular flexibility index (Phi) is 2.78. The molecule has 0 N–H and O–H groups in total. The molecule has 2 aliphatic rings. The molecule has 1 heterocycles. The van der Waals surface area contributed by atoms with Crippen LogP contribution in [0.3, 0.4) is 0 Å². The highest BCUT2D eigenvalue weighted by atomic mass is 14.8. The van der Waals surface area contributed by atoms with Gasteiger partial charge in [0.1, 0.15) is 0 Å². The average molecular weight is 227 g/mol. The fraction of sp³-hybridized carbons (Fsp3) is 0.562. The van der Waals surface area contributed by atoms with Gasteiger partial charge in [0.05, 0.1) is 0 Å². The lowest BCUT2D eigenvalue weighted by atomic mass is 9.58. The maximum Gasteiger partial charge on any atom is 0.0397 e. The molecule has 0 amide bonds. The highest BCUT2D eigenvalue weighted by Gasteiger charge is 2.44. The molecule has 0 bridgehead atoms. The van der Waals surface area contributed by atoms with Gasteiger partial charge in [-0.2, -0.15) is 0 Å². The van der Waals surface area contributed by atoms with E-state index >= 15 is 0 Å². The minimum absolute atomic E-state index is 0.408. The molecule has 1 heteroatoms. The van der Waals surface area contributed by atoms with Gasteiger partial charge in [-0.25, -0.2) is 0 Å². The molecular formula is C16H21N. The van der Waals surface area contributed by atoms with Crippen molar-refractivity contribution in [3.8, 4) is 0 Å². The molecule has 0 saturated heterocycles. The summed E-state index contributed by atoms with van der Waals surface area (Å²) in [4.78, 5) is 4.70. The lowest BCUT2D eigenvalue weighted by molar-refractivity contribution is 0.217. The zero-order valence-electron chi connectivity index (χ0n) is 10.7. The van der Waals surface area contributed by atoms with Gasteiger partial charge in [-0.05, 0) is 31.7 Å². The maximum absolute atomic E-state index is 4.70. The third-order valence-corrected chi connectivity index (χ3v) is 4.80. The van der Waals surface area contributed by atoms with E-state index in [2.05, 4.69) is 37.3 Å². The minimum Gasteiger partial charge on any atom is -0.294 e. The normalized spacial score (nSPS) is 32.8. The summed E-state index contributed by atoms with van der Waals surface area (Å²) in [6.45, 7) is 3.27. The molecule has 3 rings (SSSR count). The van der Waals surface area contributed by atoms with Crippen LogP contribution in [-0.2, 0) is 5.41 Å². The smallest absolute Gasteiger partial charge is 0.0397 e. The number of nitrogens with zero attached hydrogens (tertiary/aromatic N) is 1. The van der Waals surface area contributed by atoms with E-state index in [0.717, 1.165) is 6.54 Å². The lowest BCUT2D eigenvalue weighted by Gasteiger charge is -2.47. The van der Waals surface area contributed by atoms with Crippen LogP contribution < -0.4 is 0 Å². The topological polar surface area (TPSA) is 12.4 Å². The van der Waals surface area contributed by atoms with Crippen molar-refractivity contribution in [3.05, 3.63) is 35.9 Å². The highest BCUT2D eigenvalue weighted by Crippen LogP contribution is 2.48. The third-order valence-electron chi connectivity index (χ3n) is 4.80. The predicted octanol–water partition coefficient (Wildman–Crippen LogP) is 3.98. The Hall–Kier alpha value is -1.11. The number of hydrogen-bond acceptors (Lipinski definition) is 1. The molecule has 2 atom stereocenters. The zero-order valence-corrected chi connectivity index (χ0v) is 10.7. The van der Waals surface area contributed by atoms with Gasteiger partial charge in [-0.3, -0.25) is 4.99 Å². The van der Waals surface area contributed by atoms with Gasteiger partial charge in [0.2, 0.25) is 0 Å². The van der Waals surface area contributed by atoms with Crippen LogP contribution >= 0.6 is 0 Å². The van der Waals surface area contributed by atoms with E-state index in [-0.39, 0.29) is 0 Å². The Morgan fingerprint density at radius 3 is 2.76 bits per heavy atom. The van der Waals surface area contributed by atoms with Gasteiger partial charge in [0.25, 0.3) is 0 Å². The van der Waals surface area contributed by atoms with Crippen LogP contribution in [0.15, 0.2) is 35.3 Å². The van der Waals surface area contributed by atoms with Gasteiger partial charge < -0.3 is 0 Å². The fourth-order valence-corrected chi connectivity index (χ4v) is 3.95. The Balaban J connectivity index is 2.06. The Morgan fingerprint density at radius 1 is 1.12 bits per heavy atom. The first-order valence-electron chi connectivity index (χ1n) is 6.89. The molecule has 1 saturated carbocycles. The van der Waals surface area contributed by atoms with Gasteiger partial charge in [-0.1, -0.05) is 43.2 Å². The fourth-order valence-electron chi connectivity index (χ4n) is 3.95. The highest BCUT2D eigenvalue weighted by molar-refractivity contribution is 5.86. The third kappa shape index (κ3) is 1.72. The molecule has 1 nitrogen and oxygen atoms in total. The molecule has 2 unspecified atom stereocenters. The average Bonchev–Trinajstić information content (AvgIpc) is 2.40. The van der Waals surface area contributed by atoms with E-state index in [1.54, 1.807) is 5.56 Å². The van der Waals surface area contributed by atoms with E-state index in [0.29, 0.717) is 11.3 Å². The first-order chi connectivity index (χ1) is 8.33. The van der Waals surface area contributed by atoms with Crippen molar-refractivity contribution in [1.82, 2.24) is 0 Å². The Bertz CT molecular complexity index is 420. The summed E-state index contributed by atoms with van der Waals surface area (Å²) >= 11 is 0. The van der Waals surface area contributed by atoms with Crippen LogP contribution in [0.25, 0.3) is 0 Å². The molecule has 1 aliphatic heterocycles. The number of rotatable bonds is 1. The number of hydrogen-bond donors (Lipinski definition) is 0. The summed E-state index contributed by atoms with van der Waals surface area (Å²) in [6.07, 6.45) is 6.71. The summed E-state index contributed by atoms with van der Waals surface area (Å²) in [5.74, 6) is 0.701. The Morgan fingerprint density at radius 2 is 1.94 bits per heavy atom. The van der Waals surface area contributed by atoms with Crippen molar-refractivity contribution < 1.29 is 0 Å². The summed E-state index contributed by atoms with van der Waals surface area (Å²) in [7, 11) is 0. The number of aliphatic imine (C=N–C) groups is 1. The van der Waals surface area contributed by atoms with E-state index in [9.17, 15) is 0 Å². The van der Waals surface area contributed by atoms with E-state index in [1.807, 2.05) is 0 Å². The molecule has 1 fully saturated rings. The molecule has 1 aromatic carbocycles. The molecular weight excluding hydrogens is 206 g/mol. The van der Waals surface area contributed by atoms with Crippen molar-refractivity contribution in [1.29, 1.82) is 0 Å². The molecule has 0 radical (unpaired) electrons. The molecule has 0 aromatic heterocycles. The number of benzene rings is 1. The van der Waals surface area contributed by atoms with Gasteiger partial charge in [0.15, 0.2) is 0 Å². The van der Waals surface area contributed by atoms with Crippen molar-refractivity contribution in [2.75, 3.05) is 6.54 Å². The van der Waals surface area contributed by atoms with Gasteiger partial charge in [0, 0.05) is 23.6 Å². The van der Waals surface area contributed by atoms with Crippen molar-refractivity contribution in [2.24, 2.45) is 10.9 Å². The molecule has 1 aromatic rings. The zero-order chi connectivity index (χ0) is 11.7. The van der Waals surface area contributed by atoms with E-state index < -0.39 is 0 Å². The van der Waals surface area contributed by atoms with E-state index in [1.165, 1.54) is 37.8 Å². The maximum atomic E-state index is 4.70. The lowest BCUT2D eigenvalue weighted by Crippen LogP contribution is -2.44. The molecule has 0 spiro atoms. The second-order valence-corrected chi connectivity index (χ2v) is 5.59. The van der Waals surface area contributed by atoms with Crippen LogP contribution in [0.4, 0.5) is 0 Å². The van der Waals surface area contributed by atoms with Crippen molar-refractivity contribution in [2.45, 2.75) is 44.4 Å². The molecule has 17 heavy (non-hydrogen) atoms. The molecule has 90 valence electrons. The minimum atomic E-state index is 0.408. The van der Waals surface area contributed by atoms with Crippen LogP contribution in [0.1, 0.15) is 44.6 Å². The first-order valence-corrected chi connectivity index (χ1v) is 6.89. The quantitative estimate of drug-likeness (QED) is 0.688. The van der Waals surface area contributed by atoms with Crippen LogP contribution in [0, 0.1) is 5.92 Å². The van der Waals surface area contributed by atoms with E-state index in [4.69, 9.17) is 4.99 Å². The largest absolute Gasteiger partial charge is 0.294 e. The first kappa shape index (κ1) is 11.0. The summed E-state index contributed by atoms with van der Waals surface area (Å²) in [6, 6.07) is 11.2. The number of fused-ring (bicyclic) bond motifs is 1. The summed E-state index contributed by atoms with van der Waals surface area (Å²) in [5, 5.41) is 0. The predicted molar refractivity (Wildman–Crippen MR) is 72.7 cm³/mol. The SMILES string of the molecule is CC1=NCCC2(c3ccccc3)CCCCC12.